The third-order valence-corrected chi connectivity index (χ3v) is 6.15. The van der Waals surface area contributed by atoms with E-state index in [1.807, 2.05) is 0 Å². The zero-order chi connectivity index (χ0) is 27.1. The van der Waals surface area contributed by atoms with Crippen molar-refractivity contribution in [1.82, 2.24) is 21.7 Å². The maximum absolute atomic E-state index is 12.5. The molecule has 4 N–H and O–H groups in total. The van der Waals surface area contributed by atoms with Gasteiger partial charge in [-0.3, -0.25) is 39.6 Å². The summed E-state index contributed by atoms with van der Waals surface area (Å²) in [7, 11) is 0. The van der Waals surface area contributed by atoms with Crippen LogP contribution in [0.1, 0.15) is 38.5 Å². The molecule has 38 heavy (non-hydrogen) atoms. The van der Waals surface area contributed by atoms with Crippen LogP contribution in [0.15, 0.2) is 60.7 Å². The van der Waals surface area contributed by atoms with Crippen molar-refractivity contribution in [2.45, 2.75) is 50.6 Å². The lowest BCUT2D eigenvalue weighted by Gasteiger charge is -2.16. The second-order valence-electron chi connectivity index (χ2n) is 8.91. The van der Waals surface area contributed by atoms with Crippen LogP contribution >= 0.6 is 0 Å². The first-order valence-electron chi connectivity index (χ1n) is 12.3. The van der Waals surface area contributed by atoms with Gasteiger partial charge in [0.2, 0.25) is 23.6 Å². The molecule has 0 saturated carbocycles. The van der Waals surface area contributed by atoms with E-state index in [0.29, 0.717) is 24.2 Å². The summed E-state index contributed by atoms with van der Waals surface area (Å²) < 4.78 is 0. The first kappa shape index (κ1) is 26.6. The highest BCUT2D eigenvalue weighted by Crippen LogP contribution is 2.23. The number of carbonyl (C=O) groups is 6. The van der Waals surface area contributed by atoms with E-state index < -0.39 is 23.9 Å². The molecule has 2 aliphatic rings. The summed E-state index contributed by atoms with van der Waals surface area (Å²) in [6, 6.07) is 15.4. The van der Waals surface area contributed by atoms with E-state index in [1.165, 1.54) is 0 Å². The lowest BCUT2D eigenvalue weighted by molar-refractivity contribution is -0.126. The molecule has 2 aromatic rings. The zero-order valence-electron chi connectivity index (χ0n) is 20.5. The highest BCUT2D eigenvalue weighted by atomic mass is 16.2. The van der Waals surface area contributed by atoms with Crippen LogP contribution < -0.4 is 31.5 Å². The van der Waals surface area contributed by atoms with Crippen LogP contribution in [0.3, 0.4) is 0 Å². The fraction of sp³-hybridized carbons (Fsp3) is 0.308. The van der Waals surface area contributed by atoms with Gasteiger partial charge in [0.1, 0.15) is 12.1 Å². The van der Waals surface area contributed by atoms with E-state index in [9.17, 15) is 28.8 Å². The number of para-hydroxylation sites is 2. The molecule has 2 heterocycles. The number of carbonyl (C=O) groups excluding carboxylic acids is 6. The van der Waals surface area contributed by atoms with E-state index in [4.69, 9.17) is 0 Å². The molecule has 2 atom stereocenters. The standard InChI is InChI=1S/C26H28N6O6/c33-21(29-27-19-15-23(35)31(25(19)37)17-9-3-1-4-10-17)13-7-8-14-22(34)30-28-20-16-24(36)32(26(20)38)18-11-5-2-6-12-18/h1-6,9-12,19-20,27-28H,7-8,13-16H2,(H,29,33)(H,30,34). The number of nitrogens with zero attached hydrogens (tertiary/aromatic N) is 2. The Kier molecular flexibility index (Phi) is 8.56. The number of benzene rings is 2. The van der Waals surface area contributed by atoms with Gasteiger partial charge >= 0.3 is 0 Å². The molecule has 0 spiro atoms. The monoisotopic (exact) mass is 520 g/mol. The molecule has 4 rings (SSSR count). The number of nitrogens with one attached hydrogen (secondary N) is 4. The van der Waals surface area contributed by atoms with E-state index in [2.05, 4.69) is 21.7 Å². The largest absolute Gasteiger partial charge is 0.291 e. The Morgan fingerprint density at radius 1 is 0.632 bits per heavy atom. The zero-order valence-corrected chi connectivity index (χ0v) is 20.5. The molecule has 198 valence electrons. The highest BCUT2D eigenvalue weighted by molar-refractivity contribution is 6.23. The second-order valence-corrected chi connectivity index (χ2v) is 8.91. The Morgan fingerprint density at radius 2 is 1.00 bits per heavy atom. The molecular formula is C26H28N6O6. The number of amides is 6. The van der Waals surface area contributed by atoms with Gasteiger partial charge in [-0.25, -0.2) is 20.7 Å². The fourth-order valence-corrected chi connectivity index (χ4v) is 4.22. The van der Waals surface area contributed by atoms with Crippen LogP contribution in [-0.4, -0.2) is 47.5 Å². The molecule has 12 nitrogen and oxygen atoms in total. The third-order valence-electron chi connectivity index (χ3n) is 6.15. The molecule has 2 unspecified atom stereocenters. The quantitative estimate of drug-likeness (QED) is 0.189. The van der Waals surface area contributed by atoms with Crippen LogP contribution in [0, 0.1) is 0 Å². The van der Waals surface area contributed by atoms with Crippen molar-refractivity contribution < 1.29 is 28.8 Å². The molecule has 2 aliphatic heterocycles. The summed E-state index contributed by atoms with van der Waals surface area (Å²) >= 11 is 0. The SMILES string of the molecule is O=C(CCCCC(=O)NNC1CC(=O)N(c2ccccc2)C1=O)NNC1CC(=O)N(c2ccccc2)C1=O. The second kappa shape index (κ2) is 12.2. The van der Waals surface area contributed by atoms with Crippen molar-refractivity contribution in [3.05, 3.63) is 60.7 Å². The van der Waals surface area contributed by atoms with Gasteiger partial charge in [0.25, 0.3) is 11.8 Å². The van der Waals surface area contributed by atoms with Crippen molar-refractivity contribution >= 4 is 46.8 Å². The van der Waals surface area contributed by atoms with Gasteiger partial charge < -0.3 is 0 Å². The predicted molar refractivity (Wildman–Crippen MR) is 136 cm³/mol. The Hall–Kier alpha value is -4.42. The summed E-state index contributed by atoms with van der Waals surface area (Å²) in [5.74, 6) is -2.36. The molecule has 6 amide bonds. The molecule has 0 aliphatic carbocycles. The van der Waals surface area contributed by atoms with Crippen LogP contribution in [0.5, 0.6) is 0 Å². The number of anilines is 2. The number of hydrogen-bond acceptors (Lipinski definition) is 8. The number of rotatable bonds is 11. The van der Waals surface area contributed by atoms with Gasteiger partial charge in [-0.2, -0.15) is 0 Å². The topological polar surface area (TPSA) is 157 Å². The van der Waals surface area contributed by atoms with Crippen molar-refractivity contribution in [2.75, 3.05) is 9.80 Å². The van der Waals surface area contributed by atoms with Gasteiger partial charge in [0.05, 0.1) is 24.2 Å². The fourth-order valence-electron chi connectivity index (χ4n) is 4.22. The minimum Gasteiger partial charge on any atom is -0.291 e. The van der Waals surface area contributed by atoms with Crippen molar-refractivity contribution in [2.24, 2.45) is 0 Å². The van der Waals surface area contributed by atoms with Gasteiger partial charge in [0.15, 0.2) is 0 Å². The molecule has 12 heteroatoms. The Labute approximate surface area is 218 Å². The summed E-state index contributed by atoms with van der Waals surface area (Å²) in [5.41, 5.74) is 11.1. The summed E-state index contributed by atoms with van der Waals surface area (Å²) in [6.45, 7) is 0. The van der Waals surface area contributed by atoms with E-state index >= 15 is 0 Å². The number of hydrazine groups is 2. The normalized spacial score (nSPS) is 19.3. The van der Waals surface area contributed by atoms with Gasteiger partial charge in [-0.1, -0.05) is 36.4 Å². The number of unbranched alkanes of at least 4 members (excludes halogenated alkanes) is 1. The van der Waals surface area contributed by atoms with Crippen LogP contribution in [0.4, 0.5) is 11.4 Å². The number of hydrogen-bond donors (Lipinski definition) is 4. The van der Waals surface area contributed by atoms with E-state index in [-0.39, 0.29) is 49.3 Å². The van der Waals surface area contributed by atoms with Gasteiger partial charge in [-0.15, -0.1) is 0 Å². The molecule has 2 saturated heterocycles. The maximum atomic E-state index is 12.5. The lowest BCUT2D eigenvalue weighted by Crippen LogP contribution is -2.48. The molecular weight excluding hydrogens is 492 g/mol. The third kappa shape index (κ3) is 6.28. The highest BCUT2D eigenvalue weighted by Gasteiger charge is 2.40. The molecule has 2 fully saturated rings. The minimum atomic E-state index is -0.855. The lowest BCUT2D eigenvalue weighted by atomic mass is 10.2. The molecule has 2 aromatic carbocycles. The Morgan fingerprint density at radius 3 is 1.37 bits per heavy atom. The van der Waals surface area contributed by atoms with Crippen LogP contribution in [-0.2, 0) is 28.8 Å². The first-order valence-corrected chi connectivity index (χ1v) is 12.3. The Balaban J connectivity index is 1.11. The maximum Gasteiger partial charge on any atom is 0.253 e. The smallest absolute Gasteiger partial charge is 0.253 e. The molecule has 0 bridgehead atoms. The van der Waals surface area contributed by atoms with E-state index in [1.54, 1.807) is 60.7 Å². The molecule has 0 radical (unpaired) electrons. The van der Waals surface area contributed by atoms with Crippen LogP contribution in [0.2, 0.25) is 0 Å². The van der Waals surface area contributed by atoms with Crippen molar-refractivity contribution in [3.8, 4) is 0 Å². The van der Waals surface area contributed by atoms with Gasteiger partial charge in [-0.05, 0) is 37.1 Å². The van der Waals surface area contributed by atoms with Crippen LogP contribution in [0.25, 0.3) is 0 Å². The van der Waals surface area contributed by atoms with Crippen molar-refractivity contribution in [1.29, 1.82) is 0 Å². The average molecular weight is 521 g/mol. The van der Waals surface area contributed by atoms with E-state index in [0.717, 1.165) is 9.80 Å². The summed E-state index contributed by atoms with van der Waals surface area (Å²) in [4.78, 5) is 76.0. The minimum absolute atomic E-state index is 0.0701. The number of imide groups is 2. The van der Waals surface area contributed by atoms with Gasteiger partial charge in [0, 0.05) is 12.8 Å². The average Bonchev–Trinajstić information content (AvgIpc) is 3.37. The summed E-state index contributed by atoms with van der Waals surface area (Å²) in [5, 5.41) is 0. The predicted octanol–water partition coefficient (Wildman–Crippen LogP) is 0.453. The van der Waals surface area contributed by atoms with Crippen molar-refractivity contribution in [3.63, 3.8) is 0 Å². The molecule has 0 aromatic heterocycles. The Bertz CT molecular complexity index is 1130. The first-order chi connectivity index (χ1) is 18.3. The summed E-state index contributed by atoms with van der Waals surface area (Å²) in [6.07, 6.45) is 0.868.